The van der Waals surface area contributed by atoms with Gasteiger partial charge in [0, 0.05) is 0 Å². The summed E-state index contributed by atoms with van der Waals surface area (Å²) in [7, 11) is 1.24. The van der Waals surface area contributed by atoms with E-state index in [-0.39, 0.29) is 17.0 Å². The van der Waals surface area contributed by atoms with Crippen LogP contribution in [0.4, 0.5) is 5.69 Å². The molecule has 14 heavy (non-hydrogen) atoms. The van der Waals surface area contributed by atoms with Gasteiger partial charge in [-0.1, -0.05) is 19.9 Å². The number of anilines is 1. The van der Waals surface area contributed by atoms with E-state index in [0.717, 1.165) is 0 Å². The van der Waals surface area contributed by atoms with Crippen LogP contribution in [0.2, 0.25) is 0 Å². The lowest BCUT2D eigenvalue weighted by Gasteiger charge is -2.03. The Bertz CT molecular complexity index is 310. The molecule has 0 fully saturated rings. The lowest BCUT2D eigenvalue weighted by molar-refractivity contribution is 0.0597. The van der Waals surface area contributed by atoms with Crippen molar-refractivity contribution < 1.29 is 14.6 Å². The number of rotatable bonds is 1. The first-order valence-electron chi connectivity index (χ1n) is 4.32. The van der Waals surface area contributed by atoms with Gasteiger partial charge in [-0.3, -0.25) is 0 Å². The minimum Gasteiger partial charge on any atom is -0.505 e. The third-order valence-electron chi connectivity index (χ3n) is 1.47. The number of phenols is 1. The molecule has 0 aliphatic rings. The van der Waals surface area contributed by atoms with Gasteiger partial charge in [-0.2, -0.15) is 0 Å². The number of ether oxygens (including phenoxy) is 1. The van der Waals surface area contributed by atoms with Crippen molar-refractivity contribution in [1.82, 2.24) is 0 Å². The molecule has 4 nitrogen and oxygen atoms in total. The first-order valence-corrected chi connectivity index (χ1v) is 4.32. The maximum Gasteiger partial charge on any atom is 0.341 e. The average Bonchev–Trinajstić information content (AvgIpc) is 2.24. The Morgan fingerprint density at radius 3 is 2.50 bits per heavy atom. The molecule has 1 rings (SSSR count). The van der Waals surface area contributed by atoms with Crippen LogP contribution in [0.25, 0.3) is 0 Å². The summed E-state index contributed by atoms with van der Waals surface area (Å²) < 4.78 is 4.42. The summed E-state index contributed by atoms with van der Waals surface area (Å²) in [5.74, 6) is -0.829. The quantitative estimate of drug-likeness (QED) is 0.409. The summed E-state index contributed by atoms with van der Waals surface area (Å²) in [4.78, 5) is 10.9. The molecule has 1 aromatic carbocycles. The van der Waals surface area contributed by atoms with Crippen molar-refractivity contribution in [1.29, 1.82) is 0 Å². The fourth-order valence-corrected chi connectivity index (χ4v) is 0.836. The zero-order valence-electron chi connectivity index (χ0n) is 8.57. The molecule has 0 bridgehead atoms. The highest BCUT2D eigenvalue weighted by molar-refractivity contribution is 5.94. The second kappa shape index (κ2) is 5.85. The summed E-state index contributed by atoms with van der Waals surface area (Å²) in [5, 5.41) is 9.27. The van der Waals surface area contributed by atoms with E-state index in [1.165, 1.54) is 19.2 Å². The van der Waals surface area contributed by atoms with Crippen LogP contribution in [0, 0.1) is 0 Å². The molecular formula is C10H15NO3. The monoisotopic (exact) mass is 197 g/mol. The summed E-state index contributed by atoms with van der Waals surface area (Å²) in [5.41, 5.74) is 5.60. The number of hydrogen-bond acceptors (Lipinski definition) is 4. The van der Waals surface area contributed by atoms with Crippen LogP contribution in [0.1, 0.15) is 24.2 Å². The molecule has 3 N–H and O–H groups in total. The van der Waals surface area contributed by atoms with Crippen LogP contribution >= 0.6 is 0 Å². The molecule has 0 atom stereocenters. The molecule has 0 unspecified atom stereocenters. The second-order valence-electron chi connectivity index (χ2n) is 2.23. The maximum atomic E-state index is 10.9. The van der Waals surface area contributed by atoms with Crippen LogP contribution < -0.4 is 5.73 Å². The van der Waals surface area contributed by atoms with Gasteiger partial charge >= 0.3 is 5.97 Å². The number of benzene rings is 1. The van der Waals surface area contributed by atoms with E-state index in [0.29, 0.717) is 0 Å². The summed E-state index contributed by atoms with van der Waals surface area (Å²) in [6.07, 6.45) is 0. The highest BCUT2D eigenvalue weighted by Crippen LogP contribution is 2.24. The standard InChI is InChI=1S/C8H9NO3.C2H6/c1-12-8(11)5-3-2-4-6(9)7(5)10;1-2/h2-4,10H,9H2,1H3;1-2H3. The SMILES string of the molecule is CC.COC(=O)c1cccc(N)c1O. The lowest BCUT2D eigenvalue weighted by Crippen LogP contribution is -2.02. The van der Waals surface area contributed by atoms with Gasteiger partial charge in [0.05, 0.1) is 12.8 Å². The number of hydrogen-bond donors (Lipinski definition) is 2. The van der Waals surface area contributed by atoms with Gasteiger partial charge in [-0.25, -0.2) is 4.79 Å². The Balaban J connectivity index is 0.000000791. The first kappa shape index (κ1) is 12.3. The molecule has 0 heterocycles. The smallest absolute Gasteiger partial charge is 0.341 e. The Hall–Kier alpha value is -1.71. The second-order valence-corrected chi connectivity index (χ2v) is 2.23. The van der Waals surface area contributed by atoms with Gasteiger partial charge in [0.25, 0.3) is 0 Å². The number of esters is 1. The van der Waals surface area contributed by atoms with E-state index in [1.807, 2.05) is 13.8 Å². The van der Waals surface area contributed by atoms with Gasteiger partial charge in [0.2, 0.25) is 0 Å². The molecule has 0 aliphatic heterocycles. The summed E-state index contributed by atoms with van der Waals surface area (Å²) >= 11 is 0. The molecule has 0 spiro atoms. The van der Waals surface area contributed by atoms with Crippen molar-refractivity contribution in [2.45, 2.75) is 13.8 Å². The number of carbonyl (C=O) groups excluding carboxylic acids is 1. The first-order chi connectivity index (χ1) is 6.66. The van der Waals surface area contributed by atoms with Gasteiger partial charge < -0.3 is 15.6 Å². The number of para-hydroxylation sites is 1. The van der Waals surface area contributed by atoms with Crippen LogP contribution in [-0.2, 0) is 4.74 Å². The normalized spacial score (nSPS) is 8.50. The zero-order chi connectivity index (χ0) is 11.1. The van der Waals surface area contributed by atoms with Crippen LogP contribution in [0.5, 0.6) is 5.75 Å². The number of nitrogen functional groups attached to an aromatic ring is 1. The Kier molecular flexibility index (Phi) is 5.14. The minimum absolute atomic E-state index is 0.0810. The molecule has 0 saturated carbocycles. The van der Waals surface area contributed by atoms with Crippen molar-refractivity contribution in [3.05, 3.63) is 23.8 Å². The van der Waals surface area contributed by atoms with E-state index in [1.54, 1.807) is 6.07 Å². The topological polar surface area (TPSA) is 72.5 Å². The maximum absolute atomic E-state index is 10.9. The van der Waals surface area contributed by atoms with Gasteiger partial charge in [0.15, 0.2) is 5.75 Å². The number of phenolic OH excluding ortho intramolecular Hbond substituents is 1. The number of methoxy groups -OCH3 is 1. The highest BCUT2D eigenvalue weighted by atomic mass is 16.5. The van der Waals surface area contributed by atoms with Crippen LogP contribution in [0.15, 0.2) is 18.2 Å². The van der Waals surface area contributed by atoms with Crippen molar-refractivity contribution in [2.75, 3.05) is 12.8 Å². The molecule has 78 valence electrons. The lowest BCUT2D eigenvalue weighted by atomic mass is 10.2. The summed E-state index contributed by atoms with van der Waals surface area (Å²) in [6.45, 7) is 4.00. The summed E-state index contributed by atoms with van der Waals surface area (Å²) in [6, 6.07) is 4.51. The van der Waals surface area contributed by atoms with Crippen molar-refractivity contribution in [2.24, 2.45) is 0 Å². The zero-order valence-corrected chi connectivity index (χ0v) is 8.57. The predicted molar refractivity (Wildman–Crippen MR) is 55.2 cm³/mol. The molecular weight excluding hydrogens is 182 g/mol. The van der Waals surface area contributed by atoms with Gasteiger partial charge in [-0.15, -0.1) is 0 Å². The predicted octanol–water partition coefficient (Wildman–Crippen LogP) is 1.79. The fraction of sp³-hybridized carbons (Fsp3) is 0.300. The number of nitrogens with two attached hydrogens (primary N) is 1. The van der Waals surface area contributed by atoms with Gasteiger partial charge in [0.1, 0.15) is 5.56 Å². The Morgan fingerprint density at radius 2 is 2.00 bits per heavy atom. The van der Waals surface area contributed by atoms with Crippen LogP contribution in [0.3, 0.4) is 0 Å². The van der Waals surface area contributed by atoms with E-state index in [2.05, 4.69) is 4.74 Å². The van der Waals surface area contributed by atoms with E-state index in [9.17, 15) is 9.90 Å². The number of carbonyl (C=O) groups is 1. The molecule has 0 saturated heterocycles. The third kappa shape index (κ3) is 2.65. The fourth-order valence-electron chi connectivity index (χ4n) is 0.836. The molecule has 1 aromatic rings. The van der Waals surface area contributed by atoms with Crippen LogP contribution in [-0.4, -0.2) is 18.2 Å². The molecule has 0 amide bonds. The van der Waals surface area contributed by atoms with Crippen molar-refractivity contribution in [3.8, 4) is 5.75 Å². The van der Waals surface area contributed by atoms with Crippen molar-refractivity contribution in [3.63, 3.8) is 0 Å². The number of aromatic hydroxyl groups is 1. The molecule has 0 radical (unpaired) electrons. The van der Waals surface area contributed by atoms with Crippen molar-refractivity contribution >= 4 is 11.7 Å². The minimum atomic E-state index is -0.597. The molecule has 0 aromatic heterocycles. The molecule has 0 aliphatic carbocycles. The van der Waals surface area contributed by atoms with Gasteiger partial charge in [-0.05, 0) is 12.1 Å². The Morgan fingerprint density at radius 1 is 1.43 bits per heavy atom. The third-order valence-corrected chi connectivity index (χ3v) is 1.47. The van der Waals surface area contributed by atoms with E-state index < -0.39 is 5.97 Å². The Labute approximate surface area is 83.3 Å². The van der Waals surface area contributed by atoms with E-state index >= 15 is 0 Å². The highest BCUT2D eigenvalue weighted by Gasteiger charge is 2.12. The molecule has 4 heteroatoms. The van der Waals surface area contributed by atoms with E-state index in [4.69, 9.17) is 5.73 Å². The average molecular weight is 197 g/mol. The largest absolute Gasteiger partial charge is 0.505 e.